The van der Waals surface area contributed by atoms with Crippen molar-refractivity contribution in [3.05, 3.63) is 35.9 Å². The van der Waals surface area contributed by atoms with Crippen molar-refractivity contribution in [2.24, 2.45) is 16.8 Å². The molecule has 0 aliphatic carbocycles. The first kappa shape index (κ1) is 23.6. The van der Waals surface area contributed by atoms with Crippen LogP contribution in [0, 0.1) is 11.8 Å². The molecule has 2 fully saturated rings. The molecule has 2 aliphatic rings. The molecule has 2 N–H and O–H groups in total. The van der Waals surface area contributed by atoms with Crippen molar-refractivity contribution >= 4 is 11.9 Å². The minimum absolute atomic E-state index is 0.132. The summed E-state index contributed by atoms with van der Waals surface area (Å²) in [5.41, 5.74) is 1.24. The second-order valence-corrected chi connectivity index (χ2v) is 8.73. The summed E-state index contributed by atoms with van der Waals surface area (Å²) in [6.07, 6.45) is 4.97. The number of nitrogens with one attached hydrogen (secondary N) is 2. The van der Waals surface area contributed by atoms with E-state index in [1.807, 2.05) is 6.07 Å². The molecular formula is C25H40N4O2. The normalized spacial score (nSPS) is 22.7. The summed E-state index contributed by atoms with van der Waals surface area (Å²) in [5.74, 6) is 1.79. The van der Waals surface area contributed by atoms with E-state index in [1.54, 1.807) is 0 Å². The summed E-state index contributed by atoms with van der Waals surface area (Å²) in [6.45, 7) is 10.4. The van der Waals surface area contributed by atoms with Crippen LogP contribution in [0.4, 0.5) is 0 Å². The van der Waals surface area contributed by atoms with Crippen molar-refractivity contribution in [3.8, 4) is 0 Å². The van der Waals surface area contributed by atoms with Crippen LogP contribution in [-0.4, -0.2) is 55.6 Å². The maximum atomic E-state index is 12.6. The second kappa shape index (κ2) is 12.1. The fourth-order valence-electron chi connectivity index (χ4n) is 4.69. The molecule has 0 radical (unpaired) electrons. The first-order valence-electron chi connectivity index (χ1n) is 12.2. The maximum absolute atomic E-state index is 12.6. The summed E-state index contributed by atoms with van der Waals surface area (Å²) < 4.78 is 6.02. The molecule has 0 aromatic heterocycles. The van der Waals surface area contributed by atoms with Crippen LogP contribution in [-0.2, 0) is 9.53 Å². The number of carbonyl (C=O) groups excluding carboxylic acids is 1. The van der Waals surface area contributed by atoms with Crippen molar-refractivity contribution in [1.29, 1.82) is 0 Å². The number of ether oxygens (including phenoxy) is 1. The van der Waals surface area contributed by atoms with Gasteiger partial charge in [0.15, 0.2) is 5.96 Å². The molecule has 6 heteroatoms. The van der Waals surface area contributed by atoms with Gasteiger partial charge in [0.1, 0.15) is 0 Å². The van der Waals surface area contributed by atoms with E-state index in [0.29, 0.717) is 17.9 Å². The Morgan fingerprint density at radius 1 is 1.13 bits per heavy atom. The zero-order valence-electron chi connectivity index (χ0n) is 19.5. The molecule has 172 valence electrons. The van der Waals surface area contributed by atoms with Crippen molar-refractivity contribution in [3.63, 3.8) is 0 Å². The van der Waals surface area contributed by atoms with E-state index in [2.05, 4.69) is 60.6 Å². The van der Waals surface area contributed by atoms with Crippen molar-refractivity contribution in [2.45, 2.75) is 65.0 Å². The monoisotopic (exact) mass is 428 g/mol. The van der Waals surface area contributed by atoms with Crippen LogP contribution >= 0.6 is 0 Å². The Balaban J connectivity index is 1.53. The first-order chi connectivity index (χ1) is 15.2. The number of benzene rings is 1. The highest BCUT2D eigenvalue weighted by Crippen LogP contribution is 2.34. The van der Waals surface area contributed by atoms with Gasteiger partial charge in [-0.2, -0.15) is 0 Å². The van der Waals surface area contributed by atoms with Gasteiger partial charge in [0.2, 0.25) is 5.91 Å². The fraction of sp³-hybridized carbons (Fsp3) is 0.680. The van der Waals surface area contributed by atoms with Crippen molar-refractivity contribution in [1.82, 2.24) is 15.5 Å². The molecule has 2 atom stereocenters. The Kier molecular flexibility index (Phi) is 9.19. The molecule has 2 heterocycles. The standard InChI is InChI=1S/C25H40N4O2/c1-4-19(5-2)24(30)29-15-12-22(13-16-29)28-25(26-6-3)27-18-21-14-17-31-23(21)20-10-8-7-9-11-20/h7-11,19,21-23H,4-6,12-18H2,1-3H3,(H2,26,27,28). The van der Waals surface area contributed by atoms with Gasteiger partial charge in [-0.15, -0.1) is 0 Å². The average Bonchev–Trinajstić information content (AvgIpc) is 3.28. The zero-order valence-corrected chi connectivity index (χ0v) is 19.5. The number of guanidine groups is 1. The lowest BCUT2D eigenvalue weighted by molar-refractivity contribution is -0.136. The van der Waals surface area contributed by atoms with Crippen LogP contribution in [0.25, 0.3) is 0 Å². The summed E-state index contributed by atoms with van der Waals surface area (Å²) in [6, 6.07) is 10.8. The molecule has 3 rings (SSSR count). The van der Waals surface area contributed by atoms with Gasteiger partial charge in [-0.25, -0.2) is 0 Å². The lowest BCUT2D eigenvalue weighted by atomic mass is 9.95. The zero-order chi connectivity index (χ0) is 22.1. The number of carbonyl (C=O) groups is 1. The lowest BCUT2D eigenvalue weighted by Gasteiger charge is -2.35. The number of piperidine rings is 1. The van der Waals surface area contributed by atoms with Gasteiger partial charge >= 0.3 is 0 Å². The number of amides is 1. The predicted octanol–water partition coefficient (Wildman–Crippen LogP) is 3.75. The topological polar surface area (TPSA) is 66.0 Å². The van der Waals surface area contributed by atoms with E-state index >= 15 is 0 Å². The Hall–Kier alpha value is -2.08. The molecular weight excluding hydrogens is 388 g/mol. The molecule has 0 spiro atoms. The van der Waals surface area contributed by atoms with Crippen molar-refractivity contribution in [2.75, 3.05) is 32.8 Å². The van der Waals surface area contributed by atoms with Gasteiger partial charge in [0.05, 0.1) is 6.10 Å². The highest BCUT2D eigenvalue weighted by atomic mass is 16.5. The lowest BCUT2D eigenvalue weighted by Crippen LogP contribution is -2.50. The Morgan fingerprint density at radius 3 is 2.48 bits per heavy atom. The highest BCUT2D eigenvalue weighted by Gasteiger charge is 2.30. The van der Waals surface area contributed by atoms with Gasteiger partial charge in [-0.3, -0.25) is 9.79 Å². The van der Waals surface area contributed by atoms with Crippen LogP contribution < -0.4 is 10.6 Å². The molecule has 1 aromatic carbocycles. The summed E-state index contributed by atoms with van der Waals surface area (Å²) >= 11 is 0. The number of hydrogen-bond acceptors (Lipinski definition) is 3. The van der Waals surface area contributed by atoms with E-state index in [4.69, 9.17) is 9.73 Å². The molecule has 1 aromatic rings. The summed E-state index contributed by atoms with van der Waals surface area (Å²) in [5, 5.41) is 7.01. The minimum atomic E-state index is 0.132. The quantitative estimate of drug-likeness (QED) is 0.489. The van der Waals surface area contributed by atoms with Gasteiger partial charge < -0.3 is 20.3 Å². The Bertz CT molecular complexity index is 697. The van der Waals surface area contributed by atoms with Crippen LogP contribution in [0.5, 0.6) is 0 Å². The van der Waals surface area contributed by atoms with Crippen LogP contribution in [0.1, 0.15) is 64.5 Å². The SMILES string of the molecule is CCNC(=NCC1CCOC1c1ccccc1)NC1CCN(C(=O)C(CC)CC)CC1. The number of aliphatic imine (C=N–C) groups is 1. The molecule has 0 saturated carbocycles. The Labute approximate surface area is 187 Å². The second-order valence-electron chi connectivity index (χ2n) is 8.73. The van der Waals surface area contributed by atoms with E-state index in [1.165, 1.54) is 5.56 Å². The molecule has 31 heavy (non-hydrogen) atoms. The number of likely N-dealkylation sites (tertiary alicyclic amines) is 1. The average molecular weight is 429 g/mol. The molecule has 6 nitrogen and oxygen atoms in total. The third-order valence-electron chi connectivity index (χ3n) is 6.65. The third-order valence-corrected chi connectivity index (χ3v) is 6.65. The summed E-state index contributed by atoms with van der Waals surface area (Å²) in [7, 11) is 0. The van der Waals surface area contributed by atoms with E-state index < -0.39 is 0 Å². The Morgan fingerprint density at radius 2 is 1.84 bits per heavy atom. The third kappa shape index (κ3) is 6.45. The van der Waals surface area contributed by atoms with E-state index in [-0.39, 0.29) is 12.0 Å². The fourth-order valence-corrected chi connectivity index (χ4v) is 4.69. The molecule has 2 saturated heterocycles. The predicted molar refractivity (Wildman–Crippen MR) is 126 cm³/mol. The molecule has 2 aliphatic heterocycles. The number of rotatable bonds is 8. The van der Waals surface area contributed by atoms with Crippen LogP contribution in [0.3, 0.4) is 0 Å². The van der Waals surface area contributed by atoms with E-state index in [0.717, 1.165) is 70.8 Å². The largest absolute Gasteiger partial charge is 0.373 e. The van der Waals surface area contributed by atoms with Crippen LogP contribution in [0.15, 0.2) is 35.3 Å². The van der Waals surface area contributed by atoms with Gasteiger partial charge in [0.25, 0.3) is 0 Å². The number of hydrogen-bond donors (Lipinski definition) is 2. The molecule has 1 amide bonds. The van der Waals surface area contributed by atoms with E-state index in [9.17, 15) is 4.79 Å². The minimum Gasteiger partial charge on any atom is -0.373 e. The number of nitrogens with zero attached hydrogens (tertiary/aromatic N) is 2. The smallest absolute Gasteiger partial charge is 0.225 e. The molecule has 0 bridgehead atoms. The van der Waals surface area contributed by atoms with Gasteiger partial charge in [-0.1, -0.05) is 44.2 Å². The molecule has 2 unspecified atom stereocenters. The maximum Gasteiger partial charge on any atom is 0.225 e. The van der Waals surface area contributed by atoms with Crippen LogP contribution in [0.2, 0.25) is 0 Å². The highest BCUT2D eigenvalue weighted by molar-refractivity contribution is 5.80. The van der Waals surface area contributed by atoms with Gasteiger partial charge in [-0.05, 0) is 44.6 Å². The summed E-state index contributed by atoms with van der Waals surface area (Å²) in [4.78, 5) is 19.6. The van der Waals surface area contributed by atoms with Crippen molar-refractivity contribution < 1.29 is 9.53 Å². The first-order valence-corrected chi connectivity index (χ1v) is 12.2. The van der Waals surface area contributed by atoms with Gasteiger partial charge in [0, 0.05) is 50.7 Å².